The molecule has 1 aromatic carbocycles. The predicted molar refractivity (Wildman–Crippen MR) is 66.5 cm³/mol. The van der Waals surface area contributed by atoms with Gasteiger partial charge in [0.2, 0.25) is 0 Å². The Morgan fingerprint density at radius 2 is 1.76 bits per heavy atom. The van der Waals surface area contributed by atoms with E-state index in [-0.39, 0.29) is 5.92 Å². The molecular formula is C14H20O3. The number of aliphatic hydroxyl groups is 1. The maximum Gasteiger partial charge on any atom is 0.122 e. The molecule has 94 valence electrons. The summed E-state index contributed by atoms with van der Waals surface area (Å²) in [5.41, 5.74) is 0.167. The number of hydrogen-bond donors (Lipinski definition) is 1. The van der Waals surface area contributed by atoms with Crippen LogP contribution >= 0.6 is 0 Å². The molecule has 0 bridgehead atoms. The lowest BCUT2D eigenvalue weighted by atomic mass is 9.85. The van der Waals surface area contributed by atoms with Gasteiger partial charge in [-0.15, -0.1) is 0 Å². The zero-order valence-corrected chi connectivity index (χ0v) is 10.7. The summed E-state index contributed by atoms with van der Waals surface area (Å²) in [5.74, 6) is 1.73. The fourth-order valence-electron chi connectivity index (χ4n) is 2.65. The Hall–Kier alpha value is -1.22. The molecule has 1 saturated carbocycles. The first kappa shape index (κ1) is 12.2. The standard InChI is InChI=1S/C14H20O3/c1-10-5-4-6-14(10,15)11-7-12(16-2)9-13(8-11)17-3/h7-10,15H,4-6H2,1-3H3. The molecule has 0 heterocycles. The zero-order valence-electron chi connectivity index (χ0n) is 10.7. The van der Waals surface area contributed by atoms with Gasteiger partial charge in [0.05, 0.1) is 19.8 Å². The van der Waals surface area contributed by atoms with E-state index in [0.717, 1.165) is 36.3 Å². The van der Waals surface area contributed by atoms with Crippen molar-refractivity contribution >= 4 is 0 Å². The lowest BCUT2D eigenvalue weighted by Crippen LogP contribution is -2.28. The number of rotatable bonds is 3. The highest BCUT2D eigenvalue weighted by molar-refractivity contribution is 5.41. The SMILES string of the molecule is COc1cc(OC)cc(C2(O)CCCC2C)c1. The molecule has 1 N–H and O–H groups in total. The van der Waals surface area contributed by atoms with E-state index in [4.69, 9.17) is 9.47 Å². The van der Waals surface area contributed by atoms with Crippen molar-refractivity contribution in [1.82, 2.24) is 0 Å². The van der Waals surface area contributed by atoms with Crippen LogP contribution in [0.5, 0.6) is 11.5 Å². The molecule has 1 aliphatic carbocycles. The molecule has 2 atom stereocenters. The molecule has 0 saturated heterocycles. The van der Waals surface area contributed by atoms with E-state index >= 15 is 0 Å². The van der Waals surface area contributed by atoms with Crippen molar-refractivity contribution in [2.75, 3.05) is 14.2 Å². The van der Waals surface area contributed by atoms with Crippen LogP contribution in [0.2, 0.25) is 0 Å². The highest BCUT2D eigenvalue weighted by Crippen LogP contribution is 2.45. The van der Waals surface area contributed by atoms with Crippen LogP contribution in [0, 0.1) is 5.92 Å². The molecule has 2 rings (SSSR count). The molecule has 3 heteroatoms. The second kappa shape index (κ2) is 4.57. The predicted octanol–water partition coefficient (Wildman–Crippen LogP) is 2.71. The summed E-state index contributed by atoms with van der Waals surface area (Å²) in [6.07, 6.45) is 2.94. The molecule has 0 aromatic heterocycles. The van der Waals surface area contributed by atoms with Crippen molar-refractivity contribution in [2.45, 2.75) is 31.8 Å². The fraction of sp³-hybridized carbons (Fsp3) is 0.571. The van der Waals surface area contributed by atoms with Crippen LogP contribution in [-0.4, -0.2) is 19.3 Å². The topological polar surface area (TPSA) is 38.7 Å². The van der Waals surface area contributed by atoms with E-state index in [1.807, 2.05) is 18.2 Å². The van der Waals surface area contributed by atoms with E-state index in [1.54, 1.807) is 14.2 Å². The maximum absolute atomic E-state index is 10.8. The molecule has 0 aliphatic heterocycles. The largest absolute Gasteiger partial charge is 0.497 e. The average molecular weight is 236 g/mol. The summed E-state index contributed by atoms with van der Waals surface area (Å²) in [6, 6.07) is 5.64. The minimum absolute atomic E-state index is 0.277. The summed E-state index contributed by atoms with van der Waals surface area (Å²) < 4.78 is 10.5. The Morgan fingerprint density at radius 1 is 1.18 bits per heavy atom. The van der Waals surface area contributed by atoms with Crippen LogP contribution in [-0.2, 0) is 5.60 Å². The number of hydrogen-bond acceptors (Lipinski definition) is 3. The van der Waals surface area contributed by atoms with Crippen LogP contribution in [0.1, 0.15) is 31.7 Å². The van der Waals surface area contributed by atoms with Gasteiger partial charge in [-0.2, -0.15) is 0 Å². The van der Waals surface area contributed by atoms with Gasteiger partial charge in [-0.3, -0.25) is 0 Å². The third kappa shape index (κ3) is 2.12. The van der Waals surface area contributed by atoms with E-state index in [1.165, 1.54) is 0 Å². The van der Waals surface area contributed by atoms with Gasteiger partial charge in [0.25, 0.3) is 0 Å². The first-order valence-electron chi connectivity index (χ1n) is 6.06. The highest BCUT2D eigenvalue weighted by Gasteiger charge is 2.40. The molecular weight excluding hydrogens is 216 g/mol. The van der Waals surface area contributed by atoms with Crippen LogP contribution in [0.15, 0.2) is 18.2 Å². The molecule has 1 aliphatic rings. The molecule has 3 nitrogen and oxygen atoms in total. The average Bonchev–Trinajstić information content (AvgIpc) is 2.70. The van der Waals surface area contributed by atoms with E-state index in [9.17, 15) is 5.11 Å². The van der Waals surface area contributed by atoms with Gasteiger partial charge in [0.15, 0.2) is 0 Å². The summed E-state index contributed by atoms with van der Waals surface area (Å²) in [6.45, 7) is 2.10. The maximum atomic E-state index is 10.8. The van der Waals surface area contributed by atoms with Crippen LogP contribution in [0.4, 0.5) is 0 Å². The molecule has 0 radical (unpaired) electrons. The Balaban J connectivity index is 2.43. The molecule has 17 heavy (non-hydrogen) atoms. The Morgan fingerprint density at radius 3 is 2.18 bits per heavy atom. The summed E-state index contributed by atoms with van der Waals surface area (Å²) in [5, 5.41) is 10.8. The van der Waals surface area contributed by atoms with Crippen LogP contribution < -0.4 is 9.47 Å². The molecule has 1 fully saturated rings. The second-order valence-corrected chi connectivity index (χ2v) is 4.82. The van der Waals surface area contributed by atoms with Crippen LogP contribution in [0.25, 0.3) is 0 Å². The number of methoxy groups -OCH3 is 2. The van der Waals surface area contributed by atoms with Gasteiger partial charge in [0, 0.05) is 6.07 Å². The van der Waals surface area contributed by atoms with Gasteiger partial charge in [-0.1, -0.05) is 6.92 Å². The Kier molecular flexibility index (Phi) is 3.29. The Labute approximate surface area is 102 Å². The Bertz CT molecular complexity index is 380. The third-order valence-corrected chi connectivity index (χ3v) is 3.86. The van der Waals surface area contributed by atoms with Gasteiger partial charge in [-0.25, -0.2) is 0 Å². The highest BCUT2D eigenvalue weighted by atomic mass is 16.5. The van der Waals surface area contributed by atoms with Crippen molar-refractivity contribution in [3.8, 4) is 11.5 Å². The molecule has 1 aromatic rings. The summed E-state index contributed by atoms with van der Waals surface area (Å²) >= 11 is 0. The number of ether oxygens (including phenoxy) is 2. The van der Waals surface area contributed by atoms with Gasteiger partial charge in [-0.05, 0) is 42.9 Å². The fourth-order valence-corrected chi connectivity index (χ4v) is 2.65. The zero-order chi connectivity index (χ0) is 12.5. The van der Waals surface area contributed by atoms with E-state index < -0.39 is 5.60 Å². The second-order valence-electron chi connectivity index (χ2n) is 4.82. The minimum atomic E-state index is -0.734. The molecule has 2 unspecified atom stereocenters. The first-order valence-corrected chi connectivity index (χ1v) is 6.06. The molecule has 0 amide bonds. The van der Waals surface area contributed by atoms with Crippen molar-refractivity contribution in [3.05, 3.63) is 23.8 Å². The summed E-state index contributed by atoms with van der Waals surface area (Å²) in [4.78, 5) is 0. The van der Waals surface area contributed by atoms with Gasteiger partial charge >= 0.3 is 0 Å². The quantitative estimate of drug-likeness (QED) is 0.877. The van der Waals surface area contributed by atoms with E-state index in [2.05, 4.69) is 6.92 Å². The first-order chi connectivity index (χ1) is 8.10. The monoisotopic (exact) mass is 236 g/mol. The lowest BCUT2D eigenvalue weighted by Gasteiger charge is -2.29. The third-order valence-electron chi connectivity index (χ3n) is 3.86. The molecule has 0 spiro atoms. The van der Waals surface area contributed by atoms with Crippen molar-refractivity contribution in [3.63, 3.8) is 0 Å². The lowest BCUT2D eigenvalue weighted by molar-refractivity contribution is 0.00413. The minimum Gasteiger partial charge on any atom is -0.497 e. The van der Waals surface area contributed by atoms with Crippen molar-refractivity contribution in [2.24, 2.45) is 5.92 Å². The van der Waals surface area contributed by atoms with Gasteiger partial charge in [0.1, 0.15) is 11.5 Å². The van der Waals surface area contributed by atoms with Crippen molar-refractivity contribution < 1.29 is 14.6 Å². The van der Waals surface area contributed by atoms with E-state index in [0.29, 0.717) is 0 Å². The van der Waals surface area contributed by atoms with Crippen molar-refractivity contribution in [1.29, 1.82) is 0 Å². The smallest absolute Gasteiger partial charge is 0.122 e. The summed E-state index contributed by atoms with van der Waals surface area (Å²) in [7, 11) is 3.25. The normalized spacial score (nSPS) is 28.1. The van der Waals surface area contributed by atoms with Crippen LogP contribution in [0.3, 0.4) is 0 Å². The van der Waals surface area contributed by atoms with Gasteiger partial charge < -0.3 is 14.6 Å². The number of benzene rings is 1.